The molecule has 0 aliphatic carbocycles. The summed E-state index contributed by atoms with van der Waals surface area (Å²) in [6.45, 7) is 9.95. The first-order valence-corrected chi connectivity index (χ1v) is 9.22. The number of aromatic nitrogens is 2. The Hall–Kier alpha value is -2.14. The average Bonchev–Trinajstić information content (AvgIpc) is 2.98. The number of hydrogen-bond donors (Lipinski definition) is 1. The zero-order valence-electron chi connectivity index (χ0n) is 15.5. The van der Waals surface area contributed by atoms with E-state index in [2.05, 4.69) is 23.4 Å². The number of nitrogens with zero attached hydrogens (tertiary/aromatic N) is 3. The van der Waals surface area contributed by atoms with Gasteiger partial charge in [-0.1, -0.05) is 6.92 Å². The van der Waals surface area contributed by atoms with Crippen molar-refractivity contribution < 1.29 is 4.79 Å². The molecule has 0 atom stereocenters. The molecule has 5 heteroatoms. The Morgan fingerprint density at radius 2 is 1.88 bits per heavy atom. The second kappa shape index (κ2) is 7.83. The van der Waals surface area contributed by atoms with Gasteiger partial charge >= 0.3 is 0 Å². The molecule has 0 bridgehead atoms. The van der Waals surface area contributed by atoms with Crippen LogP contribution in [0.4, 0.5) is 0 Å². The Morgan fingerprint density at radius 1 is 1.20 bits per heavy atom. The standard InChI is InChI=1S/C20H28N4O/c1-4-21-14-17-9-11-23(12-10-17)20(25)18-5-7-19(8-6-18)24-16(3)13-15(2)22-24/h5-8,13,17,21H,4,9-12,14H2,1-3H3. The van der Waals surface area contributed by atoms with Gasteiger partial charge in [-0.2, -0.15) is 5.10 Å². The minimum Gasteiger partial charge on any atom is -0.339 e. The van der Waals surface area contributed by atoms with Gasteiger partial charge in [-0.3, -0.25) is 4.79 Å². The van der Waals surface area contributed by atoms with Crippen LogP contribution in [-0.4, -0.2) is 46.8 Å². The Balaban J connectivity index is 1.63. The van der Waals surface area contributed by atoms with Gasteiger partial charge in [0.2, 0.25) is 0 Å². The minimum absolute atomic E-state index is 0.141. The summed E-state index contributed by atoms with van der Waals surface area (Å²) in [5.74, 6) is 0.833. The summed E-state index contributed by atoms with van der Waals surface area (Å²) in [7, 11) is 0. The molecule has 0 spiro atoms. The molecule has 1 amide bonds. The summed E-state index contributed by atoms with van der Waals surface area (Å²) in [5.41, 5.74) is 3.85. The zero-order chi connectivity index (χ0) is 17.8. The molecule has 1 aromatic heterocycles. The van der Waals surface area contributed by atoms with Gasteiger partial charge in [-0.25, -0.2) is 4.68 Å². The Morgan fingerprint density at radius 3 is 2.44 bits per heavy atom. The number of piperidine rings is 1. The van der Waals surface area contributed by atoms with Gasteiger partial charge in [-0.15, -0.1) is 0 Å². The molecule has 1 fully saturated rings. The Bertz CT molecular complexity index is 712. The maximum atomic E-state index is 12.7. The predicted octanol–water partition coefficient (Wildman–Crippen LogP) is 2.95. The molecule has 0 saturated carbocycles. The van der Waals surface area contributed by atoms with Gasteiger partial charge in [0.05, 0.1) is 11.4 Å². The molecule has 1 aliphatic heterocycles. The van der Waals surface area contributed by atoms with E-state index in [1.807, 2.05) is 47.7 Å². The van der Waals surface area contributed by atoms with E-state index in [1.165, 1.54) is 0 Å². The molecular weight excluding hydrogens is 312 g/mol. The van der Waals surface area contributed by atoms with Crippen molar-refractivity contribution in [3.63, 3.8) is 0 Å². The van der Waals surface area contributed by atoms with Crippen LogP contribution in [0.3, 0.4) is 0 Å². The van der Waals surface area contributed by atoms with Crippen molar-refractivity contribution >= 4 is 5.91 Å². The summed E-state index contributed by atoms with van der Waals surface area (Å²) in [6.07, 6.45) is 2.17. The lowest BCUT2D eigenvalue weighted by Gasteiger charge is -2.32. The van der Waals surface area contributed by atoms with E-state index in [9.17, 15) is 4.79 Å². The van der Waals surface area contributed by atoms with Crippen molar-refractivity contribution in [2.24, 2.45) is 5.92 Å². The number of likely N-dealkylation sites (tertiary alicyclic amines) is 1. The molecule has 1 N–H and O–H groups in total. The quantitative estimate of drug-likeness (QED) is 0.910. The van der Waals surface area contributed by atoms with Crippen LogP contribution in [0.25, 0.3) is 5.69 Å². The van der Waals surface area contributed by atoms with E-state index in [4.69, 9.17) is 0 Å². The van der Waals surface area contributed by atoms with Crippen molar-refractivity contribution in [2.45, 2.75) is 33.6 Å². The second-order valence-corrected chi connectivity index (χ2v) is 6.93. The number of benzene rings is 1. The number of rotatable bonds is 5. The smallest absolute Gasteiger partial charge is 0.253 e. The molecule has 0 unspecified atom stereocenters. The SMILES string of the molecule is CCNCC1CCN(C(=O)c2ccc(-n3nc(C)cc3C)cc2)CC1. The number of carbonyl (C=O) groups excluding carboxylic acids is 1. The summed E-state index contributed by atoms with van der Waals surface area (Å²) >= 11 is 0. The van der Waals surface area contributed by atoms with Crippen molar-refractivity contribution in [3.05, 3.63) is 47.3 Å². The van der Waals surface area contributed by atoms with Gasteiger partial charge in [0.25, 0.3) is 5.91 Å². The molecule has 1 aliphatic rings. The van der Waals surface area contributed by atoms with Crippen LogP contribution in [0, 0.1) is 19.8 Å². The van der Waals surface area contributed by atoms with E-state index in [0.29, 0.717) is 5.92 Å². The van der Waals surface area contributed by atoms with E-state index >= 15 is 0 Å². The van der Waals surface area contributed by atoms with Crippen LogP contribution in [-0.2, 0) is 0 Å². The van der Waals surface area contributed by atoms with Gasteiger partial charge in [0.15, 0.2) is 0 Å². The number of nitrogens with one attached hydrogen (secondary N) is 1. The van der Waals surface area contributed by atoms with Crippen LogP contribution < -0.4 is 5.32 Å². The first kappa shape index (κ1) is 17.7. The minimum atomic E-state index is 0.141. The summed E-state index contributed by atoms with van der Waals surface area (Å²) in [5, 5.41) is 7.90. The molecule has 5 nitrogen and oxygen atoms in total. The molecule has 2 heterocycles. The highest BCUT2D eigenvalue weighted by Crippen LogP contribution is 2.19. The Kier molecular flexibility index (Phi) is 5.53. The van der Waals surface area contributed by atoms with Crippen molar-refractivity contribution in [3.8, 4) is 5.69 Å². The summed E-state index contributed by atoms with van der Waals surface area (Å²) in [6, 6.07) is 9.84. The zero-order valence-corrected chi connectivity index (χ0v) is 15.5. The number of aryl methyl sites for hydroxylation is 2. The third-order valence-corrected chi connectivity index (χ3v) is 4.95. The highest BCUT2D eigenvalue weighted by molar-refractivity contribution is 5.94. The molecule has 2 aromatic rings. The van der Waals surface area contributed by atoms with E-state index in [1.54, 1.807) is 0 Å². The van der Waals surface area contributed by atoms with E-state index in [-0.39, 0.29) is 5.91 Å². The van der Waals surface area contributed by atoms with Gasteiger partial charge in [0.1, 0.15) is 0 Å². The number of carbonyl (C=O) groups is 1. The largest absolute Gasteiger partial charge is 0.339 e. The first-order chi connectivity index (χ1) is 12.1. The second-order valence-electron chi connectivity index (χ2n) is 6.93. The highest BCUT2D eigenvalue weighted by Gasteiger charge is 2.23. The lowest BCUT2D eigenvalue weighted by Crippen LogP contribution is -2.40. The molecular formula is C20H28N4O. The topological polar surface area (TPSA) is 50.2 Å². The lowest BCUT2D eigenvalue weighted by atomic mass is 9.96. The third kappa shape index (κ3) is 4.10. The van der Waals surface area contributed by atoms with Crippen molar-refractivity contribution in [1.29, 1.82) is 0 Å². The fourth-order valence-corrected chi connectivity index (χ4v) is 3.51. The Labute approximate surface area is 150 Å². The van der Waals surface area contributed by atoms with Crippen molar-refractivity contribution in [2.75, 3.05) is 26.2 Å². The number of amides is 1. The summed E-state index contributed by atoms with van der Waals surface area (Å²) < 4.78 is 1.91. The number of hydrogen-bond acceptors (Lipinski definition) is 3. The summed E-state index contributed by atoms with van der Waals surface area (Å²) in [4.78, 5) is 14.7. The predicted molar refractivity (Wildman–Crippen MR) is 100 cm³/mol. The molecule has 25 heavy (non-hydrogen) atoms. The molecule has 0 radical (unpaired) electrons. The lowest BCUT2D eigenvalue weighted by molar-refractivity contribution is 0.0690. The fourth-order valence-electron chi connectivity index (χ4n) is 3.51. The normalized spacial score (nSPS) is 15.6. The van der Waals surface area contributed by atoms with Crippen LogP contribution >= 0.6 is 0 Å². The molecule has 3 rings (SSSR count). The molecule has 134 valence electrons. The van der Waals surface area contributed by atoms with Gasteiger partial charge in [-0.05, 0) is 76.0 Å². The van der Waals surface area contributed by atoms with Crippen LogP contribution in [0.15, 0.2) is 30.3 Å². The fraction of sp³-hybridized carbons (Fsp3) is 0.500. The van der Waals surface area contributed by atoms with Gasteiger partial charge in [0, 0.05) is 24.3 Å². The van der Waals surface area contributed by atoms with Gasteiger partial charge < -0.3 is 10.2 Å². The third-order valence-electron chi connectivity index (χ3n) is 4.95. The monoisotopic (exact) mass is 340 g/mol. The maximum Gasteiger partial charge on any atom is 0.253 e. The van der Waals surface area contributed by atoms with E-state index in [0.717, 1.165) is 61.7 Å². The molecule has 1 aromatic carbocycles. The van der Waals surface area contributed by atoms with Crippen LogP contribution in [0.1, 0.15) is 41.5 Å². The van der Waals surface area contributed by atoms with E-state index < -0.39 is 0 Å². The average molecular weight is 340 g/mol. The maximum absolute atomic E-state index is 12.7. The van der Waals surface area contributed by atoms with Crippen molar-refractivity contribution in [1.82, 2.24) is 20.0 Å². The van der Waals surface area contributed by atoms with Crippen LogP contribution in [0.5, 0.6) is 0 Å². The molecule has 1 saturated heterocycles. The van der Waals surface area contributed by atoms with Crippen LogP contribution in [0.2, 0.25) is 0 Å². The highest BCUT2D eigenvalue weighted by atomic mass is 16.2. The first-order valence-electron chi connectivity index (χ1n) is 9.22.